The van der Waals surface area contributed by atoms with Gasteiger partial charge in [-0.05, 0) is 24.6 Å². The highest BCUT2D eigenvalue weighted by molar-refractivity contribution is 5.42. The number of methoxy groups -OCH3 is 2. The second kappa shape index (κ2) is 8.47. The lowest BCUT2D eigenvalue weighted by atomic mass is 10.2. The summed E-state index contributed by atoms with van der Waals surface area (Å²) in [4.78, 5) is 10.3. The number of benzene rings is 1. The fourth-order valence-corrected chi connectivity index (χ4v) is 1.75. The van der Waals surface area contributed by atoms with Crippen molar-refractivity contribution in [2.24, 2.45) is 0 Å². The molecule has 0 aliphatic carbocycles. The second-order valence-corrected chi connectivity index (χ2v) is 4.37. The number of aliphatic hydroxyl groups is 1. The first-order chi connectivity index (χ1) is 9.56. The summed E-state index contributed by atoms with van der Waals surface area (Å²) in [5.41, 5.74) is 0.762. The monoisotopic (exact) mass is 284 g/mol. The molecule has 1 atom stereocenters. The van der Waals surface area contributed by atoms with Gasteiger partial charge in [0.1, 0.15) is 5.75 Å². The van der Waals surface area contributed by atoms with Crippen LogP contribution < -0.4 is 10.1 Å². The van der Waals surface area contributed by atoms with Crippen molar-refractivity contribution in [2.45, 2.75) is 19.1 Å². The topological polar surface area (TPSA) is 93.9 Å². The third kappa shape index (κ3) is 5.52. The number of nitrogens with zero attached hydrogens (tertiary/aromatic N) is 1. The van der Waals surface area contributed by atoms with Gasteiger partial charge in [-0.15, -0.1) is 0 Å². The lowest BCUT2D eigenvalue weighted by Crippen LogP contribution is -2.23. The van der Waals surface area contributed by atoms with E-state index >= 15 is 0 Å². The van der Waals surface area contributed by atoms with Crippen molar-refractivity contribution in [1.82, 2.24) is 5.32 Å². The maximum Gasteiger partial charge on any atom is 0.273 e. The first-order valence-electron chi connectivity index (χ1n) is 6.27. The average molecular weight is 284 g/mol. The van der Waals surface area contributed by atoms with E-state index in [4.69, 9.17) is 9.47 Å². The Kier molecular flexibility index (Phi) is 6.92. The van der Waals surface area contributed by atoms with E-state index in [-0.39, 0.29) is 5.69 Å². The van der Waals surface area contributed by atoms with E-state index in [1.54, 1.807) is 6.07 Å². The standard InChI is InChI=1S/C13H20N2O5/c1-19-9-12(16)3-4-14-8-10-5-11(15(17)18)7-13(6-10)20-2/h5-7,12,14,16H,3-4,8-9H2,1-2H3. The zero-order valence-electron chi connectivity index (χ0n) is 11.7. The van der Waals surface area contributed by atoms with Crippen molar-refractivity contribution in [2.75, 3.05) is 27.4 Å². The van der Waals surface area contributed by atoms with Gasteiger partial charge in [-0.2, -0.15) is 0 Å². The van der Waals surface area contributed by atoms with Crippen LogP contribution >= 0.6 is 0 Å². The minimum Gasteiger partial charge on any atom is -0.496 e. The smallest absolute Gasteiger partial charge is 0.273 e. The van der Waals surface area contributed by atoms with Crippen molar-refractivity contribution in [1.29, 1.82) is 0 Å². The predicted octanol–water partition coefficient (Wildman–Crippen LogP) is 1.09. The molecule has 0 bridgehead atoms. The molecule has 1 aromatic carbocycles. The fourth-order valence-electron chi connectivity index (χ4n) is 1.75. The second-order valence-electron chi connectivity index (χ2n) is 4.37. The summed E-state index contributed by atoms with van der Waals surface area (Å²) < 4.78 is 9.86. The van der Waals surface area contributed by atoms with Crippen molar-refractivity contribution < 1.29 is 19.5 Å². The molecule has 0 aromatic heterocycles. The van der Waals surface area contributed by atoms with Gasteiger partial charge in [-0.25, -0.2) is 0 Å². The largest absolute Gasteiger partial charge is 0.496 e. The van der Waals surface area contributed by atoms with Gasteiger partial charge in [0.2, 0.25) is 0 Å². The molecule has 0 spiro atoms. The molecule has 20 heavy (non-hydrogen) atoms. The van der Waals surface area contributed by atoms with Gasteiger partial charge in [-0.3, -0.25) is 10.1 Å². The summed E-state index contributed by atoms with van der Waals surface area (Å²) >= 11 is 0. The summed E-state index contributed by atoms with van der Waals surface area (Å²) in [6, 6.07) is 4.62. The van der Waals surface area contributed by atoms with Gasteiger partial charge >= 0.3 is 0 Å². The molecular formula is C13H20N2O5. The van der Waals surface area contributed by atoms with Crippen LogP contribution in [0.15, 0.2) is 18.2 Å². The number of nitrogens with one attached hydrogen (secondary N) is 1. The van der Waals surface area contributed by atoms with E-state index in [9.17, 15) is 15.2 Å². The molecule has 7 heteroatoms. The number of aliphatic hydroxyl groups excluding tert-OH is 1. The first kappa shape index (κ1) is 16.4. The Morgan fingerprint density at radius 3 is 2.75 bits per heavy atom. The van der Waals surface area contributed by atoms with Gasteiger partial charge in [0.15, 0.2) is 0 Å². The molecule has 0 heterocycles. The van der Waals surface area contributed by atoms with Crippen LogP contribution in [0.2, 0.25) is 0 Å². The van der Waals surface area contributed by atoms with Crippen LogP contribution in [-0.4, -0.2) is 43.5 Å². The van der Waals surface area contributed by atoms with Crippen LogP contribution in [0.5, 0.6) is 5.75 Å². The summed E-state index contributed by atoms with van der Waals surface area (Å²) in [7, 11) is 3.00. The molecule has 0 fully saturated rings. The quantitative estimate of drug-likeness (QED) is 0.400. The van der Waals surface area contributed by atoms with Gasteiger partial charge < -0.3 is 19.9 Å². The molecule has 0 aliphatic rings. The molecule has 7 nitrogen and oxygen atoms in total. The Balaban J connectivity index is 2.51. The average Bonchev–Trinajstić information content (AvgIpc) is 2.43. The zero-order valence-corrected chi connectivity index (χ0v) is 11.7. The van der Waals surface area contributed by atoms with Crippen LogP contribution in [0.3, 0.4) is 0 Å². The number of nitro benzene ring substituents is 1. The highest BCUT2D eigenvalue weighted by atomic mass is 16.6. The van der Waals surface area contributed by atoms with E-state index in [0.717, 1.165) is 5.56 Å². The third-order valence-electron chi connectivity index (χ3n) is 2.74. The Morgan fingerprint density at radius 1 is 1.40 bits per heavy atom. The maximum absolute atomic E-state index is 10.8. The van der Waals surface area contributed by atoms with Gasteiger partial charge in [-0.1, -0.05) is 0 Å². The number of hydrogen-bond acceptors (Lipinski definition) is 6. The first-order valence-corrected chi connectivity index (χ1v) is 6.27. The molecule has 1 unspecified atom stereocenters. The molecule has 0 saturated carbocycles. The predicted molar refractivity (Wildman–Crippen MR) is 73.9 cm³/mol. The van der Waals surface area contributed by atoms with Crippen LogP contribution in [0.25, 0.3) is 0 Å². The third-order valence-corrected chi connectivity index (χ3v) is 2.74. The van der Waals surface area contributed by atoms with Gasteiger partial charge in [0.05, 0.1) is 30.8 Å². The number of nitro groups is 1. The number of rotatable bonds is 9. The van der Waals surface area contributed by atoms with E-state index in [1.165, 1.54) is 26.4 Å². The van der Waals surface area contributed by atoms with Gasteiger partial charge in [0, 0.05) is 19.7 Å². The van der Waals surface area contributed by atoms with Crippen LogP contribution in [-0.2, 0) is 11.3 Å². The fraction of sp³-hybridized carbons (Fsp3) is 0.538. The van der Waals surface area contributed by atoms with Crippen LogP contribution in [0, 0.1) is 10.1 Å². The molecule has 0 radical (unpaired) electrons. The maximum atomic E-state index is 10.8. The SMILES string of the molecule is COCC(O)CCNCc1cc(OC)cc([N+](=O)[O-])c1. The lowest BCUT2D eigenvalue weighted by Gasteiger charge is -2.10. The Bertz CT molecular complexity index is 439. The molecular weight excluding hydrogens is 264 g/mol. The Morgan fingerprint density at radius 2 is 2.15 bits per heavy atom. The van der Waals surface area contributed by atoms with Crippen molar-refractivity contribution >= 4 is 5.69 Å². The molecule has 112 valence electrons. The van der Waals surface area contributed by atoms with E-state index in [1.807, 2.05) is 0 Å². The van der Waals surface area contributed by atoms with Crippen molar-refractivity contribution in [3.63, 3.8) is 0 Å². The highest BCUT2D eigenvalue weighted by Gasteiger charge is 2.10. The highest BCUT2D eigenvalue weighted by Crippen LogP contribution is 2.22. The van der Waals surface area contributed by atoms with Crippen molar-refractivity contribution in [3.8, 4) is 5.75 Å². The number of hydrogen-bond donors (Lipinski definition) is 2. The van der Waals surface area contributed by atoms with Crippen LogP contribution in [0.1, 0.15) is 12.0 Å². The van der Waals surface area contributed by atoms with E-state index in [2.05, 4.69) is 5.32 Å². The van der Waals surface area contributed by atoms with Crippen LogP contribution in [0.4, 0.5) is 5.69 Å². The molecule has 1 rings (SSSR count). The molecule has 0 amide bonds. The minimum absolute atomic E-state index is 0.000526. The summed E-state index contributed by atoms with van der Waals surface area (Å²) in [5, 5.41) is 23.4. The molecule has 0 aliphatic heterocycles. The van der Waals surface area contributed by atoms with Crippen molar-refractivity contribution in [3.05, 3.63) is 33.9 Å². The summed E-state index contributed by atoms with van der Waals surface area (Å²) in [5.74, 6) is 0.454. The van der Waals surface area contributed by atoms with E-state index < -0.39 is 11.0 Å². The lowest BCUT2D eigenvalue weighted by molar-refractivity contribution is -0.385. The zero-order chi connectivity index (χ0) is 15.0. The Labute approximate surface area is 117 Å². The number of ether oxygens (including phenoxy) is 2. The molecule has 1 aromatic rings. The molecule has 0 saturated heterocycles. The Hall–Kier alpha value is -1.70. The normalized spacial score (nSPS) is 12.2. The van der Waals surface area contributed by atoms with Gasteiger partial charge in [0.25, 0.3) is 5.69 Å². The van der Waals surface area contributed by atoms with E-state index in [0.29, 0.717) is 31.9 Å². The number of non-ortho nitro benzene ring substituents is 1. The summed E-state index contributed by atoms with van der Waals surface area (Å²) in [6.07, 6.45) is 0.0482. The minimum atomic E-state index is -0.507. The summed E-state index contributed by atoms with van der Waals surface area (Å²) in [6.45, 7) is 1.36. The molecule has 2 N–H and O–H groups in total.